The van der Waals surface area contributed by atoms with E-state index in [9.17, 15) is 4.79 Å². The van der Waals surface area contributed by atoms with Gasteiger partial charge in [0.25, 0.3) is 0 Å². The first-order valence-corrected chi connectivity index (χ1v) is 5.89. The molecule has 2 nitrogen and oxygen atoms in total. The average Bonchev–Trinajstić information content (AvgIpc) is 3.01. The van der Waals surface area contributed by atoms with Crippen molar-refractivity contribution in [2.45, 2.75) is 44.9 Å². The van der Waals surface area contributed by atoms with Crippen molar-refractivity contribution in [1.82, 2.24) is 4.90 Å². The van der Waals surface area contributed by atoms with Crippen molar-refractivity contribution in [3.63, 3.8) is 0 Å². The molecule has 0 N–H and O–H groups in total. The Hall–Kier alpha value is -0.530. The average molecular weight is 194 g/mol. The van der Waals surface area contributed by atoms with Gasteiger partial charge in [0.05, 0.1) is 0 Å². The lowest BCUT2D eigenvalue weighted by Crippen LogP contribution is -2.31. The van der Waals surface area contributed by atoms with Crippen molar-refractivity contribution >= 4 is 5.91 Å². The molecule has 2 heteroatoms. The van der Waals surface area contributed by atoms with Crippen LogP contribution in [0.3, 0.4) is 0 Å². The van der Waals surface area contributed by atoms with Gasteiger partial charge >= 0.3 is 0 Å². The molecule has 0 atom stereocenters. The topological polar surface area (TPSA) is 20.3 Å². The number of nitrogens with zero attached hydrogens (tertiary/aromatic N) is 1. The maximum absolute atomic E-state index is 11.6. The second-order valence-electron chi connectivity index (χ2n) is 4.84. The van der Waals surface area contributed by atoms with E-state index in [1.807, 2.05) is 0 Å². The monoisotopic (exact) mass is 194 g/mol. The van der Waals surface area contributed by atoms with Crippen LogP contribution in [0.15, 0.2) is 0 Å². The Morgan fingerprint density at radius 2 is 1.79 bits per heavy atom. The molecule has 2 aliphatic carbocycles. The van der Waals surface area contributed by atoms with Gasteiger partial charge in [-0.1, -0.05) is 19.3 Å². The van der Waals surface area contributed by atoms with E-state index < -0.39 is 0 Å². The van der Waals surface area contributed by atoms with Crippen LogP contribution >= 0.6 is 0 Å². The van der Waals surface area contributed by atoms with E-state index in [2.05, 4.69) is 7.05 Å². The Kier molecular flexibility index (Phi) is 3.09. The molecule has 0 aromatic heterocycles. The van der Waals surface area contributed by atoms with Gasteiger partial charge in [0, 0.05) is 19.5 Å². The van der Waals surface area contributed by atoms with Gasteiger partial charge in [-0.15, -0.1) is 0 Å². The van der Waals surface area contributed by atoms with Gasteiger partial charge in [-0.3, -0.25) is 4.79 Å². The molecule has 0 bridgehead atoms. The summed E-state index contributed by atoms with van der Waals surface area (Å²) in [6.45, 7) is 0.898. The normalized spacial score (nSPS) is 23.5. The van der Waals surface area contributed by atoms with Crippen LogP contribution in [0.1, 0.15) is 44.9 Å². The second kappa shape index (κ2) is 4.33. The van der Waals surface area contributed by atoms with Crippen LogP contribution in [-0.4, -0.2) is 17.4 Å². The molecule has 2 aliphatic rings. The summed E-state index contributed by atoms with van der Waals surface area (Å²) in [5, 5.41) is 0. The standard InChI is InChI=1S/C12H20NO/c1-13(12(14)11-7-8-11)9-10-5-3-2-4-6-10/h10-11H,1-9H2. The minimum absolute atomic E-state index is 0.288. The smallest absolute Gasteiger partial charge is 0.225 e. The molecule has 0 aromatic carbocycles. The Morgan fingerprint density at radius 1 is 1.14 bits per heavy atom. The third kappa shape index (κ3) is 2.49. The Morgan fingerprint density at radius 3 is 2.36 bits per heavy atom. The molecule has 14 heavy (non-hydrogen) atoms. The van der Waals surface area contributed by atoms with Gasteiger partial charge in [0.15, 0.2) is 0 Å². The van der Waals surface area contributed by atoms with Gasteiger partial charge in [0.1, 0.15) is 0 Å². The minimum atomic E-state index is 0.288. The largest absolute Gasteiger partial charge is 0.340 e. The number of rotatable bonds is 3. The molecule has 1 amide bonds. The molecule has 0 aliphatic heterocycles. The van der Waals surface area contributed by atoms with Crippen LogP contribution < -0.4 is 0 Å². The summed E-state index contributed by atoms with van der Waals surface area (Å²) in [6, 6.07) is 0. The first kappa shape index (κ1) is 10.0. The molecule has 0 saturated heterocycles. The Bertz CT molecular complexity index is 204. The third-order valence-corrected chi connectivity index (χ3v) is 3.44. The predicted octanol–water partition coefficient (Wildman–Crippen LogP) is 2.60. The van der Waals surface area contributed by atoms with E-state index in [-0.39, 0.29) is 5.91 Å². The quantitative estimate of drug-likeness (QED) is 0.676. The number of carbonyl (C=O) groups excluding carboxylic acids is 1. The first-order chi connectivity index (χ1) is 6.77. The summed E-state index contributed by atoms with van der Waals surface area (Å²) in [4.78, 5) is 13.4. The zero-order chi connectivity index (χ0) is 9.97. The van der Waals surface area contributed by atoms with Gasteiger partial charge in [-0.25, -0.2) is 0 Å². The van der Waals surface area contributed by atoms with Crippen LogP contribution in [0.4, 0.5) is 0 Å². The van der Waals surface area contributed by atoms with Gasteiger partial charge in [-0.05, 0) is 31.6 Å². The van der Waals surface area contributed by atoms with Crippen molar-refractivity contribution in [3.05, 3.63) is 7.05 Å². The van der Waals surface area contributed by atoms with Crippen molar-refractivity contribution in [2.24, 2.45) is 11.8 Å². The summed E-state index contributed by atoms with van der Waals surface area (Å²) < 4.78 is 0. The maximum Gasteiger partial charge on any atom is 0.225 e. The number of amides is 1. The molecule has 2 rings (SSSR count). The van der Waals surface area contributed by atoms with E-state index in [1.54, 1.807) is 4.90 Å². The predicted molar refractivity (Wildman–Crippen MR) is 56.4 cm³/mol. The lowest BCUT2D eigenvalue weighted by molar-refractivity contribution is -0.130. The zero-order valence-corrected chi connectivity index (χ0v) is 8.87. The fourth-order valence-electron chi connectivity index (χ4n) is 2.36. The SMILES string of the molecule is [CH2]N(CC1CCCCC1)C(=O)C1CC1. The number of hydrogen-bond acceptors (Lipinski definition) is 1. The van der Waals surface area contributed by atoms with Crippen molar-refractivity contribution in [2.75, 3.05) is 6.54 Å². The molecule has 2 saturated carbocycles. The van der Waals surface area contributed by atoms with Crippen LogP contribution in [0.2, 0.25) is 0 Å². The molecule has 2 fully saturated rings. The number of carbonyl (C=O) groups is 1. The summed E-state index contributed by atoms with van der Waals surface area (Å²) in [5.74, 6) is 1.34. The van der Waals surface area contributed by atoms with E-state index in [0.29, 0.717) is 5.92 Å². The first-order valence-electron chi connectivity index (χ1n) is 5.89. The Balaban J connectivity index is 1.74. The molecule has 0 spiro atoms. The molecule has 0 aromatic rings. The second-order valence-corrected chi connectivity index (χ2v) is 4.84. The number of hydrogen-bond donors (Lipinski definition) is 0. The lowest BCUT2D eigenvalue weighted by atomic mass is 9.89. The van der Waals surface area contributed by atoms with Crippen LogP contribution in [0.25, 0.3) is 0 Å². The van der Waals surface area contributed by atoms with E-state index >= 15 is 0 Å². The molecule has 1 radical (unpaired) electrons. The summed E-state index contributed by atoms with van der Waals surface area (Å²) in [7, 11) is 3.88. The molecule has 79 valence electrons. The van der Waals surface area contributed by atoms with Gasteiger partial charge < -0.3 is 4.90 Å². The molecule has 0 heterocycles. The highest BCUT2D eigenvalue weighted by atomic mass is 16.2. The summed E-state index contributed by atoms with van der Waals surface area (Å²) >= 11 is 0. The fourth-order valence-corrected chi connectivity index (χ4v) is 2.36. The van der Waals surface area contributed by atoms with E-state index in [1.165, 1.54) is 32.1 Å². The zero-order valence-electron chi connectivity index (χ0n) is 8.87. The lowest BCUT2D eigenvalue weighted by Gasteiger charge is -2.26. The van der Waals surface area contributed by atoms with Crippen molar-refractivity contribution in [1.29, 1.82) is 0 Å². The van der Waals surface area contributed by atoms with Crippen molar-refractivity contribution in [3.8, 4) is 0 Å². The van der Waals surface area contributed by atoms with Crippen molar-refractivity contribution < 1.29 is 4.79 Å². The maximum atomic E-state index is 11.6. The summed E-state index contributed by atoms with van der Waals surface area (Å²) in [6.07, 6.45) is 8.84. The highest BCUT2D eigenvalue weighted by Crippen LogP contribution is 2.32. The van der Waals surface area contributed by atoms with Crippen LogP contribution in [0.5, 0.6) is 0 Å². The summed E-state index contributed by atoms with van der Waals surface area (Å²) in [5.41, 5.74) is 0. The molecular weight excluding hydrogens is 174 g/mol. The van der Waals surface area contributed by atoms with Crippen LogP contribution in [-0.2, 0) is 4.79 Å². The third-order valence-electron chi connectivity index (χ3n) is 3.44. The minimum Gasteiger partial charge on any atom is -0.340 e. The van der Waals surface area contributed by atoms with E-state index in [4.69, 9.17) is 0 Å². The highest BCUT2D eigenvalue weighted by Gasteiger charge is 2.32. The molecule has 0 unspecified atom stereocenters. The van der Waals surface area contributed by atoms with Gasteiger partial charge in [-0.2, -0.15) is 0 Å². The fraction of sp³-hybridized carbons (Fsp3) is 0.833. The van der Waals surface area contributed by atoms with Gasteiger partial charge in [0.2, 0.25) is 5.91 Å². The Labute approximate surface area is 86.7 Å². The van der Waals surface area contributed by atoms with Crippen LogP contribution in [0, 0.1) is 18.9 Å². The van der Waals surface area contributed by atoms with E-state index in [0.717, 1.165) is 25.3 Å². The molecular formula is C12H20NO. The highest BCUT2D eigenvalue weighted by molar-refractivity contribution is 5.81.